The van der Waals surface area contributed by atoms with Crippen LogP contribution in [0.4, 0.5) is 0 Å². The molecule has 0 amide bonds. The first kappa shape index (κ1) is 18.0. The lowest BCUT2D eigenvalue weighted by atomic mass is 9.81. The van der Waals surface area contributed by atoms with Crippen LogP contribution >= 0.6 is 0 Å². The molecule has 132 valence electrons. The summed E-state index contributed by atoms with van der Waals surface area (Å²) in [6.07, 6.45) is 4.10. The highest BCUT2D eigenvalue weighted by atomic mass is 16.5. The van der Waals surface area contributed by atoms with Gasteiger partial charge in [0.2, 0.25) is 0 Å². The van der Waals surface area contributed by atoms with Gasteiger partial charge in [-0.25, -0.2) is 0 Å². The minimum Gasteiger partial charge on any atom is -0.497 e. The van der Waals surface area contributed by atoms with Gasteiger partial charge in [-0.3, -0.25) is 0 Å². The van der Waals surface area contributed by atoms with Gasteiger partial charge in [-0.1, -0.05) is 36.1 Å². The van der Waals surface area contributed by atoms with E-state index in [1.807, 2.05) is 24.3 Å². The molecule has 0 saturated heterocycles. The third kappa shape index (κ3) is 4.41. The molecule has 0 saturated carbocycles. The second kappa shape index (κ2) is 9.02. The zero-order chi connectivity index (χ0) is 18.2. The monoisotopic (exact) mass is 344 g/mol. The highest BCUT2D eigenvalue weighted by Crippen LogP contribution is 2.34. The largest absolute Gasteiger partial charge is 0.497 e. The zero-order valence-corrected chi connectivity index (χ0v) is 15.4. The van der Waals surface area contributed by atoms with Crippen LogP contribution in [0.25, 0.3) is 0 Å². The summed E-state index contributed by atoms with van der Waals surface area (Å²) in [6, 6.07) is 16.4. The van der Waals surface area contributed by atoms with E-state index < -0.39 is 0 Å². The Morgan fingerprint density at radius 3 is 1.38 bits per heavy atom. The topological polar surface area (TPSA) is 18.5 Å². The summed E-state index contributed by atoms with van der Waals surface area (Å²) in [5, 5.41) is 0. The molecule has 1 unspecified atom stereocenters. The van der Waals surface area contributed by atoms with E-state index in [1.165, 1.54) is 11.1 Å². The van der Waals surface area contributed by atoms with Crippen molar-refractivity contribution < 1.29 is 9.47 Å². The zero-order valence-electron chi connectivity index (χ0n) is 15.4. The van der Waals surface area contributed by atoms with Crippen LogP contribution in [0.3, 0.4) is 0 Å². The highest BCUT2D eigenvalue weighted by Gasteiger charge is 2.22. The molecule has 0 N–H and O–H groups in total. The molecule has 2 atom stereocenters. The average Bonchev–Trinajstić information content (AvgIpc) is 2.71. The molecule has 1 aliphatic carbocycles. The molecule has 0 radical (unpaired) electrons. The van der Waals surface area contributed by atoms with Crippen molar-refractivity contribution in [2.45, 2.75) is 37.5 Å². The predicted molar refractivity (Wildman–Crippen MR) is 105 cm³/mol. The first-order chi connectivity index (χ1) is 12.8. The predicted octanol–water partition coefficient (Wildman–Crippen LogP) is 5.15. The summed E-state index contributed by atoms with van der Waals surface area (Å²) >= 11 is 0. The summed E-state index contributed by atoms with van der Waals surface area (Å²) < 4.78 is 10.6. The Morgan fingerprint density at radius 2 is 1.04 bits per heavy atom. The molecule has 26 heavy (non-hydrogen) atoms. The van der Waals surface area contributed by atoms with E-state index in [1.54, 1.807) is 14.2 Å². The Hall–Kier alpha value is -2.84. The van der Waals surface area contributed by atoms with Gasteiger partial charge in [0.15, 0.2) is 0 Å². The second-order valence-corrected chi connectivity index (χ2v) is 6.35. The first-order valence-corrected chi connectivity index (χ1v) is 9.06. The van der Waals surface area contributed by atoms with Crippen molar-refractivity contribution in [3.05, 3.63) is 59.7 Å². The van der Waals surface area contributed by atoms with Crippen LogP contribution in [0.5, 0.6) is 11.5 Å². The van der Waals surface area contributed by atoms with Crippen LogP contribution in [0.1, 0.15) is 48.6 Å². The standard InChI is InChI=1S/C24H24O2/c1-25-21-15-11-19(12-16-21)23-9-7-5-3-4-6-8-10-24(23)20-13-17-22(26-2)18-14-20/h11-18,23-24H,3-6H2,1-2H3/t23-,24?/m1/s1. The van der Waals surface area contributed by atoms with Crippen molar-refractivity contribution in [1.82, 2.24) is 0 Å². The van der Waals surface area contributed by atoms with E-state index in [9.17, 15) is 0 Å². The van der Waals surface area contributed by atoms with Crippen LogP contribution in [0.2, 0.25) is 0 Å². The number of hydrogen-bond donors (Lipinski definition) is 0. The van der Waals surface area contributed by atoms with E-state index in [2.05, 4.69) is 47.9 Å². The summed E-state index contributed by atoms with van der Waals surface area (Å²) in [6.45, 7) is 0. The van der Waals surface area contributed by atoms with Gasteiger partial charge in [-0.2, -0.15) is 0 Å². The van der Waals surface area contributed by atoms with Crippen molar-refractivity contribution in [2.75, 3.05) is 14.2 Å². The Labute approximate surface area is 156 Å². The fourth-order valence-corrected chi connectivity index (χ4v) is 3.13. The average molecular weight is 344 g/mol. The Kier molecular flexibility index (Phi) is 6.24. The molecule has 2 aromatic rings. The van der Waals surface area contributed by atoms with Crippen molar-refractivity contribution in [1.29, 1.82) is 0 Å². The van der Waals surface area contributed by atoms with E-state index in [0.29, 0.717) is 0 Å². The Morgan fingerprint density at radius 1 is 0.654 bits per heavy atom. The quantitative estimate of drug-likeness (QED) is 0.714. The van der Waals surface area contributed by atoms with Gasteiger partial charge >= 0.3 is 0 Å². The normalized spacial score (nSPS) is 19.3. The van der Waals surface area contributed by atoms with Crippen LogP contribution < -0.4 is 9.47 Å². The van der Waals surface area contributed by atoms with Crippen LogP contribution in [-0.2, 0) is 0 Å². The fourth-order valence-electron chi connectivity index (χ4n) is 3.13. The van der Waals surface area contributed by atoms with E-state index >= 15 is 0 Å². The van der Waals surface area contributed by atoms with Gasteiger partial charge in [0.1, 0.15) is 11.5 Å². The summed E-state index contributed by atoms with van der Waals surface area (Å²) in [7, 11) is 3.37. The van der Waals surface area contributed by atoms with Crippen LogP contribution in [-0.4, -0.2) is 14.2 Å². The lowest BCUT2D eigenvalue weighted by Gasteiger charge is -2.20. The molecular formula is C24H24O2. The summed E-state index contributed by atoms with van der Waals surface area (Å²) in [5.74, 6) is 15.5. The molecule has 0 bridgehead atoms. The molecular weight excluding hydrogens is 320 g/mol. The maximum Gasteiger partial charge on any atom is 0.118 e. The SMILES string of the molecule is COc1ccc(C2C#CCCCCC#C[C@@H]2c2ccc(OC)cc2)cc1. The van der Waals surface area contributed by atoms with Crippen molar-refractivity contribution in [3.8, 4) is 35.2 Å². The van der Waals surface area contributed by atoms with Crippen molar-refractivity contribution >= 4 is 0 Å². The highest BCUT2D eigenvalue weighted by molar-refractivity contribution is 5.43. The summed E-state index contributed by atoms with van der Waals surface area (Å²) in [5.41, 5.74) is 2.35. The Balaban J connectivity index is 2.01. The summed E-state index contributed by atoms with van der Waals surface area (Å²) in [4.78, 5) is 0. The van der Waals surface area contributed by atoms with E-state index in [-0.39, 0.29) is 11.8 Å². The van der Waals surface area contributed by atoms with Gasteiger partial charge in [0, 0.05) is 12.8 Å². The van der Waals surface area contributed by atoms with Gasteiger partial charge in [-0.05, 0) is 48.2 Å². The number of ether oxygens (including phenoxy) is 2. The van der Waals surface area contributed by atoms with Gasteiger partial charge in [0.05, 0.1) is 26.1 Å². The third-order valence-electron chi connectivity index (χ3n) is 4.65. The second-order valence-electron chi connectivity index (χ2n) is 6.35. The van der Waals surface area contributed by atoms with E-state index in [0.717, 1.165) is 37.2 Å². The molecule has 0 spiro atoms. The van der Waals surface area contributed by atoms with Crippen LogP contribution in [0.15, 0.2) is 48.5 Å². The molecule has 0 fully saturated rings. The third-order valence-corrected chi connectivity index (χ3v) is 4.65. The molecule has 2 heteroatoms. The van der Waals surface area contributed by atoms with Crippen molar-refractivity contribution in [3.63, 3.8) is 0 Å². The van der Waals surface area contributed by atoms with Crippen LogP contribution in [0, 0.1) is 23.7 Å². The minimum absolute atomic E-state index is 0.0416. The van der Waals surface area contributed by atoms with Crippen molar-refractivity contribution in [2.24, 2.45) is 0 Å². The molecule has 2 nitrogen and oxygen atoms in total. The molecule has 0 heterocycles. The minimum atomic E-state index is 0.0416. The number of rotatable bonds is 4. The molecule has 3 rings (SSSR count). The van der Waals surface area contributed by atoms with Gasteiger partial charge in [-0.15, -0.1) is 11.8 Å². The Bertz CT molecular complexity index is 753. The number of methoxy groups -OCH3 is 2. The first-order valence-electron chi connectivity index (χ1n) is 9.06. The number of benzene rings is 2. The maximum atomic E-state index is 5.30. The lowest BCUT2D eigenvalue weighted by Crippen LogP contribution is -2.09. The molecule has 2 aromatic carbocycles. The maximum absolute atomic E-state index is 5.30. The van der Waals surface area contributed by atoms with Gasteiger partial charge < -0.3 is 9.47 Å². The molecule has 1 aliphatic rings. The lowest BCUT2D eigenvalue weighted by molar-refractivity contribution is 0.414. The molecule has 0 aromatic heterocycles. The van der Waals surface area contributed by atoms with Gasteiger partial charge in [0.25, 0.3) is 0 Å². The number of hydrogen-bond acceptors (Lipinski definition) is 2. The molecule has 0 aliphatic heterocycles. The van der Waals surface area contributed by atoms with E-state index in [4.69, 9.17) is 9.47 Å². The fraction of sp³-hybridized carbons (Fsp3) is 0.333. The smallest absolute Gasteiger partial charge is 0.118 e.